The number of aliphatic carboxylic acids is 1. The van der Waals surface area contributed by atoms with Crippen molar-refractivity contribution in [1.82, 2.24) is 20.2 Å². The van der Waals surface area contributed by atoms with Crippen LogP contribution in [-0.4, -0.2) is 37.0 Å². The summed E-state index contributed by atoms with van der Waals surface area (Å²) in [7, 11) is 0. The minimum absolute atomic E-state index is 0.558. The van der Waals surface area contributed by atoms with Crippen LogP contribution < -0.4 is 0 Å². The second kappa shape index (κ2) is 15.9. The van der Waals surface area contributed by atoms with Crippen LogP contribution in [0.5, 0.6) is 0 Å². The summed E-state index contributed by atoms with van der Waals surface area (Å²) in [4.78, 5) is 12.7. The molecule has 1 rings (SSSR count). The summed E-state index contributed by atoms with van der Waals surface area (Å²) in [6.45, 7) is 4.36. The van der Waals surface area contributed by atoms with Crippen LogP contribution in [0, 0.1) is 0 Å². The van der Waals surface area contributed by atoms with Crippen molar-refractivity contribution in [2.75, 3.05) is 5.75 Å². The fraction of sp³-hybridized carbons (Fsp3) is 0.900. The molecule has 7 heteroatoms. The summed E-state index contributed by atoms with van der Waals surface area (Å²) < 4.78 is 0. The van der Waals surface area contributed by atoms with Gasteiger partial charge in [0, 0.05) is 5.75 Å². The van der Waals surface area contributed by atoms with Crippen LogP contribution in [0.25, 0.3) is 0 Å². The van der Waals surface area contributed by atoms with E-state index in [1.165, 1.54) is 62.6 Å². The molecule has 0 saturated heterocycles. The summed E-state index contributed by atoms with van der Waals surface area (Å²) in [5.41, 5.74) is 0. The van der Waals surface area contributed by atoms with Crippen LogP contribution in [0.2, 0.25) is 0 Å². The van der Waals surface area contributed by atoms with E-state index in [1.54, 1.807) is 11.8 Å². The molecule has 0 bridgehead atoms. The SMILES string of the molecule is CCCCCCCCCCCCSc1nnn(C(CCCCC)C(=O)O)n1. The first-order valence-corrected chi connectivity index (χ1v) is 11.8. The number of aromatic nitrogens is 4. The zero-order valence-corrected chi connectivity index (χ0v) is 18.1. The molecule has 1 aromatic rings. The van der Waals surface area contributed by atoms with E-state index in [1.807, 2.05) is 0 Å². The molecule has 0 aliphatic carbocycles. The van der Waals surface area contributed by atoms with Crippen LogP contribution in [0.4, 0.5) is 0 Å². The highest BCUT2D eigenvalue weighted by Crippen LogP contribution is 2.19. The van der Waals surface area contributed by atoms with Crippen molar-refractivity contribution in [2.45, 2.75) is 115 Å². The quantitative estimate of drug-likeness (QED) is 0.245. The lowest BCUT2D eigenvalue weighted by Crippen LogP contribution is -2.21. The van der Waals surface area contributed by atoms with E-state index in [9.17, 15) is 9.90 Å². The highest BCUT2D eigenvalue weighted by Gasteiger charge is 2.22. The Bertz CT molecular complexity index is 496. The second-order valence-electron chi connectivity index (χ2n) is 7.27. The summed E-state index contributed by atoms with van der Waals surface area (Å²) in [5.74, 6) is 0.0882. The number of unbranched alkanes of at least 4 members (excludes halogenated alkanes) is 11. The van der Waals surface area contributed by atoms with E-state index in [2.05, 4.69) is 29.3 Å². The van der Waals surface area contributed by atoms with Crippen LogP contribution in [0.15, 0.2) is 5.16 Å². The highest BCUT2D eigenvalue weighted by atomic mass is 32.2. The predicted molar refractivity (Wildman–Crippen MR) is 111 cm³/mol. The van der Waals surface area contributed by atoms with Crippen LogP contribution >= 0.6 is 11.8 Å². The van der Waals surface area contributed by atoms with Crippen molar-refractivity contribution < 1.29 is 9.90 Å². The van der Waals surface area contributed by atoms with Gasteiger partial charge in [0.1, 0.15) is 0 Å². The average Bonchev–Trinajstić information content (AvgIpc) is 3.11. The smallest absolute Gasteiger partial charge is 0.330 e. The molecule has 0 spiro atoms. The zero-order chi connectivity index (χ0) is 19.7. The molecule has 1 atom stereocenters. The van der Waals surface area contributed by atoms with Gasteiger partial charge in [-0.3, -0.25) is 0 Å². The lowest BCUT2D eigenvalue weighted by molar-refractivity contribution is -0.141. The van der Waals surface area contributed by atoms with Gasteiger partial charge < -0.3 is 5.11 Å². The van der Waals surface area contributed by atoms with Gasteiger partial charge in [-0.05, 0) is 18.1 Å². The first-order valence-electron chi connectivity index (χ1n) is 10.8. The predicted octanol–water partition coefficient (Wildman–Crippen LogP) is 5.89. The lowest BCUT2D eigenvalue weighted by Gasteiger charge is -2.09. The third-order valence-corrected chi connectivity index (χ3v) is 5.70. The Morgan fingerprint density at radius 2 is 1.48 bits per heavy atom. The number of hydrogen-bond acceptors (Lipinski definition) is 5. The average molecular weight is 399 g/mol. The van der Waals surface area contributed by atoms with Gasteiger partial charge in [0.05, 0.1) is 0 Å². The van der Waals surface area contributed by atoms with Gasteiger partial charge in [-0.15, -0.1) is 15.0 Å². The molecular weight excluding hydrogens is 360 g/mol. The van der Waals surface area contributed by atoms with Gasteiger partial charge in [0.2, 0.25) is 5.16 Å². The Kier molecular flexibility index (Phi) is 14.1. The molecule has 0 radical (unpaired) electrons. The van der Waals surface area contributed by atoms with Gasteiger partial charge in [-0.2, -0.15) is 0 Å². The number of rotatable bonds is 18. The third kappa shape index (κ3) is 11.4. The van der Waals surface area contributed by atoms with Gasteiger partial charge in [0.15, 0.2) is 6.04 Å². The Morgan fingerprint density at radius 3 is 2.07 bits per heavy atom. The zero-order valence-electron chi connectivity index (χ0n) is 17.2. The fourth-order valence-electron chi connectivity index (χ4n) is 3.08. The molecule has 1 unspecified atom stereocenters. The van der Waals surface area contributed by atoms with Crippen molar-refractivity contribution in [3.05, 3.63) is 0 Å². The summed E-state index contributed by atoms with van der Waals surface area (Å²) in [5, 5.41) is 22.2. The Labute approximate surface area is 168 Å². The molecule has 0 amide bonds. The van der Waals surface area contributed by atoms with Crippen molar-refractivity contribution >= 4 is 17.7 Å². The van der Waals surface area contributed by atoms with E-state index in [0.717, 1.165) is 31.4 Å². The summed E-state index contributed by atoms with van der Waals surface area (Å²) in [6, 6.07) is -0.698. The molecule has 156 valence electrons. The maximum absolute atomic E-state index is 11.4. The minimum atomic E-state index is -0.880. The number of thioether (sulfide) groups is 1. The number of hydrogen-bond donors (Lipinski definition) is 1. The van der Waals surface area contributed by atoms with E-state index in [-0.39, 0.29) is 0 Å². The standard InChI is InChI=1S/C20H38N4O2S/c1-3-5-7-8-9-10-11-12-13-15-17-27-20-21-23-24(22-20)18(19(25)26)16-14-6-4-2/h18H,3-17H2,1-2H3,(H,25,26). The largest absolute Gasteiger partial charge is 0.480 e. The summed E-state index contributed by atoms with van der Waals surface area (Å²) >= 11 is 1.58. The molecule has 0 saturated carbocycles. The maximum Gasteiger partial charge on any atom is 0.330 e. The molecule has 1 heterocycles. The Hall–Kier alpha value is -1.11. The van der Waals surface area contributed by atoms with E-state index in [0.29, 0.717) is 11.6 Å². The third-order valence-electron chi connectivity index (χ3n) is 4.78. The maximum atomic E-state index is 11.4. The number of tetrazole rings is 1. The Morgan fingerprint density at radius 1 is 0.926 bits per heavy atom. The number of nitrogens with zero attached hydrogens (tertiary/aromatic N) is 4. The van der Waals surface area contributed by atoms with Gasteiger partial charge in [-0.25, -0.2) is 4.79 Å². The van der Waals surface area contributed by atoms with Crippen molar-refractivity contribution in [1.29, 1.82) is 0 Å². The molecule has 1 N–H and O–H groups in total. The molecule has 1 aromatic heterocycles. The van der Waals surface area contributed by atoms with Gasteiger partial charge in [-0.1, -0.05) is 103 Å². The number of carboxylic acids is 1. The first-order chi connectivity index (χ1) is 13.2. The van der Waals surface area contributed by atoms with Crippen molar-refractivity contribution in [3.8, 4) is 0 Å². The van der Waals surface area contributed by atoms with Gasteiger partial charge in [0.25, 0.3) is 0 Å². The highest BCUT2D eigenvalue weighted by molar-refractivity contribution is 7.99. The molecule has 0 aromatic carbocycles. The van der Waals surface area contributed by atoms with Crippen molar-refractivity contribution in [2.24, 2.45) is 0 Å². The first kappa shape index (κ1) is 23.9. The number of carbonyl (C=O) groups is 1. The Balaban J connectivity index is 2.13. The number of carboxylic acid groups (broad SMARTS) is 1. The monoisotopic (exact) mass is 398 g/mol. The minimum Gasteiger partial charge on any atom is -0.480 e. The normalized spacial score (nSPS) is 12.4. The van der Waals surface area contributed by atoms with E-state index in [4.69, 9.17) is 0 Å². The second-order valence-corrected chi connectivity index (χ2v) is 8.33. The molecule has 27 heavy (non-hydrogen) atoms. The van der Waals surface area contributed by atoms with E-state index < -0.39 is 12.0 Å². The van der Waals surface area contributed by atoms with Gasteiger partial charge >= 0.3 is 5.97 Å². The van der Waals surface area contributed by atoms with Crippen LogP contribution in [0.1, 0.15) is 110 Å². The fourth-order valence-corrected chi connectivity index (χ4v) is 3.85. The molecule has 6 nitrogen and oxygen atoms in total. The van der Waals surface area contributed by atoms with Crippen LogP contribution in [-0.2, 0) is 4.79 Å². The molecule has 0 aliphatic heterocycles. The topological polar surface area (TPSA) is 80.9 Å². The summed E-state index contributed by atoms with van der Waals surface area (Å²) in [6.07, 6.45) is 16.8. The van der Waals surface area contributed by atoms with Crippen LogP contribution in [0.3, 0.4) is 0 Å². The van der Waals surface area contributed by atoms with Crippen molar-refractivity contribution in [3.63, 3.8) is 0 Å². The molecular formula is C20H38N4O2S. The van der Waals surface area contributed by atoms with E-state index >= 15 is 0 Å². The molecule has 0 fully saturated rings. The lowest BCUT2D eigenvalue weighted by atomic mass is 10.1. The molecule has 0 aliphatic rings.